The van der Waals surface area contributed by atoms with Crippen molar-refractivity contribution in [2.24, 2.45) is 5.73 Å². The van der Waals surface area contributed by atoms with Gasteiger partial charge in [0.25, 0.3) is 0 Å². The van der Waals surface area contributed by atoms with Crippen LogP contribution in [0.15, 0.2) is 23.1 Å². The van der Waals surface area contributed by atoms with Gasteiger partial charge in [-0.2, -0.15) is 4.31 Å². The van der Waals surface area contributed by atoms with E-state index >= 15 is 0 Å². The first kappa shape index (κ1) is 16.3. The van der Waals surface area contributed by atoms with E-state index in [9.17, 15) is 21.2 Å². The molecule has 1 saturated heterocycles. The Morgan fingerprint density at radius 2 is 2.10 bits per heavy atom. The number of halogens is 1. The number of rotatable bonds is 3. The molecular formula is C12H17FN2O4S2. The summed E-state index contributed by atoms with van der Waals surface area (Å²) in [6.45, 7) is 1.42. The molecule has 1 aromatic carbocycles. The zero-order valence-electron chi connectivity index (χ0n) is 11.5. The van der Waals surface area contributed by atoms with Gasteiger partial charge in [-0.05, 0) is 24.6 Å². The van der Waals surface area contributed by atoms with Gasteiger partial charge in [-0.3, -0.25) is 0 Å². The predicted octanol–water partition coefficient (Wildman–Crippen LogP) is 0.0920. The molecule has 1 fully saturated rings. The van der Waals surface area contributed by atoms with E-state index in [-0.39, 0.29) is 24.6 Å². The summed E-state index contributed by atoms with van der Waals surface area (Å²) in [4.78, 5) is -0.461. The molecular weight excluding hydrogens is 319 g/mol. The van der Waals surface area contributed by atoms with Gasteiger partial charge in [0.05, 0.1) is 11.5 Å². The van der Waals surface area contributed by atoms with Crippen LogP contribution in [0.3, 0.4) is 0 Å². The van der Waals surface area contributed by atoms with Crippen molar-refractivity contribution in [2.45, 2.75) is 24.4 Å². The fraction of sp³-hybridized carbons (Fsp3) is 0.500. The fourth-order valence-electron chi connectivity index (χ4n) is 2.34. The highest BCUT2D eigenvalue weighted by Crippen LogP contribution is 2.25. The highest BCUT2D eigenvalue weighted by molar-refractivity contribution is 7.92. The van der Waals surface area contributed by atoms with E-state index in [4.69, 9.17) is 5.73 Å². The zero-order chi connectivity index (χ0) is 15.8. The fourth-order valence-corrected chi connectivity index (χ4v) is 5.85. The molecule has 9 heteroatoms. The average molecular weight is 336 g/mol. The molecule has 1 atom stereocenters. The van der Waals surface area contributed by atoms with E-state index in [0.29, 0.717) is 5.56 Å². The van der Waals surface area contributed by atoms with E-state index in [1.807, 2.05) is 0 Å². The van der Waals surface area contributed by atoms with Gasteiger partial charge in [-0.15, -0.1) is 0 Å². The van der Waals surface area contributed by atoms with Crippen LogP contribution in [0.1, 0.15) is 12.5 Å². The Hall–Kier alpha value is -1.03. The number of hydrogen-bond acceptors (Lipinski definition) is 5. The summed E-state index contributed by atoms with van der Waals surface area (Å²) in [7, 11) is -7.34. The summed E-state index contributed by atoms with van der Waals surface area (Å²) in [6.07, 6.45) is 0. The van der Waals surface area contributed by atoms with Crippen LogP contribution in [0.25, 0.3) is 0 Å². The number of benzene rings is 1. The third-order valence-corrected chi connectivity index (χ3v) is 7.25. The Morgan fingerprint density at radius 3 is 2.67 bits per heavy atom. The molecule has 118 valence electrons. The maximum Gasteiger partial charge on any atom is 0.246 e. The van der Waals surface area contributed by atoms with Crippen molar-refractivity contribution < 1.29 is 21.2 Å². The molecule has 1 heterocycles. The van der Waals surface area contributed by atoms with Crippen LogP contribution < -0.4 is 5.73 Å². The molecule has 21 heavy (non-hydrogen) atoms. The minimum Gasteiger partial charge on any atom is -0.326 e. The Labute approximate surface area is 123 Å². The van der Waals surface area contributed by atoms with Crippen molar-refractivity contribution in [1.29, 1.82) is 0 Å². The van der Waals surface area contributed by atoms with E-state index in [0.717, 1.165) is 10.4 Å². The maximum absolute atomic E-state index is 13.9. The molecule has 1 unspecified atom stereocenters. The lowest BCUT2D eigenvalue weighted by molar-refractivity contribution is 0.355. The summed E-state index contributed by atoms with van der Waals surface area (Å²) >= 11 is 0. The Bertz CT molecular complexity index is 747. The van der Waals surface area contributed by atoms with Gasteiger partial charge in [0, 0.05) is 19.1 Å². The van der Waals surface area contributed by atoms with Crippen molar-refractivity contribution in [3.63, 3.8) is 0 Å². The molecule has 0 bridgehead atoms. The molecule has 0 aromatic heterocycles. The van der Waals surface area contributed by atoms with Crippen LogP contribution in [0, 0.1) is 5.82 Å². The first-order valence-corrected chi connectivity index (χ1v) is 9.64. The molecule has 2 rings (SSSR count). The van der Waals surface area contributed by atoms with Crippen molar-refractivity contribution in [3.8, 4) is 0 Å². The lowest BCUT2D eigenvalue weighted by Gasteiger charge is -2.32. The van der Waals surface area contributed by atoms with Crippen LogP contribution >= 0.6 is 0 Å². The molecule has 0 aliphatic carbocycles. The predicted molar refractivity (Wildman–Crippen MR) is 76.3 cm³/mol. The van der Waals surface area contributed by atoms with Crippen molar-refractivity contribution in [3.05, 3.63) is 29.6 Å². The SMILES string of the molecule is CC1CS(=O)(=O)CCN1S(=O)(=O)c1cc(CN)ccc1F. The highest BCUT2D eigenvalue weighted by Gasteiger charge is 2.37. The van der Waals surface area contributed by atoms with Crippen molar-refractivity contribution >= 4 is 19.9 Å². The number of hydrogen-bond donors (Lipinski definition) is 1. The van der Waals surface area contributed by atoms with Crippen molar-refractivity contribution in [1.82, 2.24) is 4.31 Å². The largest absolute Gasteiger partial charge is 0.326 e. The van der Waals surface area contributed by atoms with Crippen LogP contribution in [0.5, 0.6) is 0 Å². The molecule has 1 aromatic rings. The smallest absolute Gasteiger partial charge is 0.246 e. The summed E-state index contributed by atoms with van der Waals surface area (Å²) in [5.74, 6) is -1.38. The molecule has 1 aliphatic heterocycles. The lowest BCUT2D eigenvalue weighted by Crippen LogP contribution is -2.49. The van der Waals surface area contributed by atoms with Gasteiger partial charge in [0.15, 0.2) is 9.84 Å². The lowest BCUT2D eigenvalue weighted by atomic mass is 10.2. The van der Waals surface area contributed by atoms with Gasteiger partial charge in [-0.1, -0.05) is 6.07 Å². The summed E-state index contributed by atoms with van der Waals surface area (Å²) in [5.41, 5.74) is 5.94. The van der Waals surface area contributed by atoms with Gasteiger partial charge >= 0.3 is 0 Å². The molecule has 6 nitrogen and oxygen atoms in total. The third kappa shape index (κ3) is 3.25. The second-order valence-electron chi connectivity index (χ2n) is 5.05. The zero-order valence-corrected chi connectivity index (χ0v) is 13.1. The molecule has 0 spiro atoms. The second-order valence-corrected chi connectivity index (χ2v) is 9.14. The average Bonchev–Trinajstić information content (AvgIpc) is 2.37. The maximum atomic E-state index is 13.9. The van der Waals surface area contributed by atoms with Crippen LogP contribution in [0.4, 0.5) is 4.39 Å². The molecule has 0 radical (unpaired) electrons. The molecule has 1 aliphatic rings. The van der Waals surface area contributed by atoms with Gasteiger partial charge in [0.2, 0.25) is 10.0 Å². The first-order valence-electron chi connectivity index (χ1n) is 6.38. The standard InChI is InChI=1S/C12H17FN2O4S2/c1-9-8-20(16,17)5-4-15(9)21(18,19)12-6-10(7-14)2-3-11(12)13/h2-3,6,9H,4-5,7-8,14H2,1H3. The molecule has 0 amide bonds. The minimum absolute atomic E-state index is 0.0900. The van der Waals surface area contributed by atoms with E-state index in [1.54, 1.807) is 0 Å². The van der Waals surface area contributed by atoms with E-state index < -0.39 is 36.6 Å². The number of sulfonamides is 1. The summed E-state index contributed by atoms with van der Waals surface area (Å²) in [6, 6.07) is 2.94. The number of sulfone groups is 1. The minimum atomic E-state index is -4.09. The van der Waals surface area contributed by atoms with Crippen LogP contribution in [-0.2, 0) is 26.4 Å². The van der Waals surface area contributed by atoms with E-state index in [2.05, 4.69) is 0 Å². The van der Waals surface area contributed by atoms with Gasteiger partial charge in [-0.25, -0.2) is 21.2 Å². The molecule has 2 N–H and O–H groups in total. The third-order valence-electron chi connectivity index (χ3n) is 3.43. The Morgan fingerprint density at radius 1 is 1.43 bits per heavy atom. The highest BCUT2D eigenvalue weighted by atomic mass is 32.2. The topological polar surface area (TPSA) is 97.5 Å². The first-order chi connectivity index (χ1) is 9.67. The Kier molecular flexibility index (Phi) is 4.39. The van der Waals surface area contributed by atoms with Gasteiger partial charge in [0.1, 0.15) is 10.7 Å². The summed E-state index contributed by atoms with van der Waals surface area (Å²) in [5, 5.41) is 0. The summed E-state index contributed by atoms with van der Waals surface area (Å²) < 4.78 is 63.1. The molecule has 0 saturated carbocycles. The number of nitrogens with two attached hydrogens (primary N) is 1. The quantitative estimate of drug-likeness (QED) is 0.844. The Balaban J connectivity index is 2.43. The van der Waals surface area contributed by atoms with Crippen molar-refractivity contribution in [2.75, 3.05) is 18.1 Å². The normalized spacial score (nSPS) is 23.1. The van der Waals surface area contributed by atoms with E-state index in [1.165, 1.54) is 19.1 Å². The second kappa shape index (κ2) is 5.64. The number of nitrogens with zero attached hydrogens (tertiary/aromatic N) is 1. The monoisotopic (exact) mass is 336 g/mol. The van der Waals surface area contributed by atoms with Gasteiger partial charge < -0.3 is 5.73 Å². The van der Waals surface area contributed by atoms with Crippen LogP contribution in [-0.4, -0.2) is 45.2 Å². The van der Waals surface area contributed by atoms with Crippen LogP contribution in [0.2, 0.25) is 0 Å².